The highest BCUT2D eigenvalue weighted by molar-refractivity contribution is 5.77. The van der Waals surface area contributed by atoms with Gasteiger partial charge in [0, 0.05) is 0 Å². The third kappa shape index (κ3) is 3.36. The maximum Gasteiger partial charge on any atom is 0.416 e. The normalized spacial score (nSPS) is 13.4. The van der Waals surface area contributed by atoms with Crippen molar-refractivity contribution < 1.29 is 22.0 Å². The number of nitrogens with zero attached hydrogens (tertiary/aromatic N) is 2. The minimum Gasteiger partial charge on any atom is -0.291 e. The summed E-state index contributed by atoms with van der Waals surface area (Å²) < 4.78 is 65.8. The number of benzene rings is 1. The van der Waals surface area contributed by atoms with E-state index in [1.54, 1.807) is 6.92 Å². The van der Waals surface area contributed by atoms with Gasteiger partial charge in [-0.05, 0) is 24.1 Å². The van der Waals surface area contributed by atoms with Gasteiger partial charge in [-0.25, -0.2) is 18.3 Å². The maximum absolute atomic E-state index is 13.3. The van der Waals surface area contributed by atoms with Crippen LogP contribution >= 0.6 is 0 Å². The van der Waals surface area contributed by atoms with Crippen molar-refractivity contribution in [2.75, 3.05) is 0 Å². The number of H-pyrrole nitrogens is 2. The molecule has 144 valence electrons. The molecule has 0 aliphatic rings. The van der Waals surface area contributed by atoms with E-state index in [1.807, 2.05) is 4.98 Å². The Morgan fingerprint density at radius 1 is 1.11 bits per heavy atom. The van der Waals surface area contributed by atoms with Crippen LogP contribution in [0.25, 0.3) is 11.0 Å². The zero-order chi connectivity index (χ0) is 19.9. The number of aromatic amines is 2. The van der Waals surface area contributed by atoms with Crippen molar-refractivity contribution >= 4 is 11.0 Å². The van der Waals surface area contributed by atoms with Crippen LogP contribution in [0.3, 0.4) is 0 Å². The van der Waals surface area contributed by atoms with Crippen molar-refractivity contribution in [1.29, 1.82) is 0 Å². The predicted octanol–water partition coefficient (Wildman–Crippen LogP) is 3.37. The van der Waals surface area contributed by atoms with E-state index in [0.717, 1.165) is 16.8 Å². The summed E-state index contributed by atoms with van der Waals surface area (Å²) in [5.74, 6) is 0. The van der Waals surface area contributed by atoms with Crippen LogP contribution < -0.4 is 11.2 Å². The molecule has 0 spiro atoms. The molecule has 27 heavy (non-hydrogen) atoms. The fourth-order valence-corrected chi connectivity index (χ4v) is 2.92. The predicted molar refractivity (Wildman–Crippen MR) is 85.8 cm³/mol. The van der Waals surface area contributed by atoms with E-state index in [9.17, 15) is 31.5 Å². The van der Waals surface area contributed by atoms with Gasteiger partial charge in [0.1, 0.15) is 16.7 Å². The Labute approximate surface area is 147 Å². The SMILES string of the molecule is CCC(c1ccc(C(F)(F)F)cc1)n1nc(C(F)F)c2c(=O)[nH]c(=O)[nH]c21. The molecule has 6 nitrogen and oxygen atoms in total. The van der Waals surface area contributed by atoms with Gasteiger partial charge in [-0.3, -0.25) is 14.8 Å². The lowest BCUT2D eigenvalue weighted by Gasteiger charge is -2.18. The number of fused-ring (bicyclic) bond motifs is 1. The summed E-state index contributed by atoms with van der Waals surface area (Å²) in [6, 6.07) is 3.38. The van der Waals surface area contributed by atoms with Crippen molar-refractivity contribution in [3.8, 4) is 0 Å². The van der Waals surface area contributed by atoms with Gasteiger partial charge in [-0.1, -0.05) is 19.1 Å². The van der Waals surface area contributed by atoms with Crippen molar-refractivity contribution in [1.82, 2.24) is 19.7 Å². The van der Waals surface area contributed by atoms with Gasteiger partial charge in [0.05, 0.1) is 11.6 Å². The number of hydrogen-bond acceptors (Lipinski definition) is 3. The Hall–Kier alpha value is -2.98. The molecule has 0 aliphatic carbocycles. The Bertz CT molecular complexity index is 1080. The van der Waals surface area contributed by atoms with Crippen LogP contribution in [0.15, 0.2) is 33.9 Å². The first kappa shape index (κ1) is 18.8. The molecule has 0 fully saturated rings. The molecule has 3 rings (SSSR count). The second-order valence-electron chi connectivity index (χ2n) is 5.81. The second-order valence-corrected chi connectivity index (χ2v) is 5.81. The standard InChI is InChI=1S/C16H13F5N4O2/c1-2-9(7-3-5-8(6-4-7)16(19,20)21)25-13-10(11(24-25)12(17)18)14(26)23-15(27)22-13/h3-6,9,12H,2H2,1H3,(H2,22,23,26,27). The zero-order valence-corrected chi connectivity index (χ0v) is 13.8. The van der Waals surface area contributed by atoms with Crippen molar-refractivity contribution in [2.45, 2.75) is 32.0 Å². The number of rotatable bonds is 4. The summed E-state index contributed by atoms with van der Waals surface area (Å²) in [6.07, 6.45) is -7.33. The highest BCUT2D eigenvalue weighted by atomic mass is 19.4. The van der Waals surface area contributed by atoms with Crippen LogP contribution in [0.4, 0.5) is 22.0 Å². The smallest absolute Gasteiger partial charge is 0.291 e. The van der Waals surface area contributed by atoms with E-state index in [1.165, 1.54) is 12.1 Å². The molecule has 2 aromatic heterocycles. The number of nitrogens with one attached hydrogen (secondary N) is 2. The Balaban J connectivity index is 2.20. The van der Waals surface area contributed by atoms with Crippen LogP contribution in [0, 0.1) is 0 Å². The average molecular weight is 388 g/mol. The minimum atomic E-state index is -4.51. The zero-order valence-electron chi connectivity index (χ0n) is 13.8. The molecule has 2 N–H and O–H groups in total. The topological polar surface area (TPSA) is 83.5 Å². The van der Waals surface area contributed by atoms with E-state index >= 15 is 0 Å². The van der Waals surface area contributed by atoms with Crippen LogP contribution in [0.2, 0.25) is 0 Å². The Morgan fingerprint density at radius 2 is 1.74 bits per heavy atom. The third-order valence-corrected chi connectivity index (χ3v) is 4.13. The number of aromatic nitrogens is 4. The van der Waals surface area contributed by atoms with E-state index in [2.05, 4.69) is 10.1 Å². The summed E-state index contributed by atoms with van der Waals surface area (Å²) in [4.78, 5) is 27.7. The van der Waals surface area contributed by atoms with Crippen molar-refractivity contribution in [3.05, 3.63) is 61.9 Å². The van der Waals surface area contributed by atoms with Gasteiger partial charge >= 0.3 is 11.9 Å². The van der Waals surface area contributed by atoms with Crippen LogP contribution in [0.1, 0.15) is 42.6 Å². The molecule has 0 saturated heterocycles. The molecular formula is C16H13F5N4O2. The fraction of sp³-hybridized carbons (Fsp3) is 0.312. The van der Waals surface area contributed by atoms with Crippen LogP contribution in [0.5, 0.6) is 0 Å². The quantitative estimate of drug-likeness (QED) is 0.673. The van der Waals surface area contributed by atoms with E-state index in [0.29, 0.717) is 5.56 Å². The largest absolute Gasteiger partial charge is 0.416 e. The fourth-order valence-electron chi connectivity index (χ4n) is 2.92. The van der Waals surface area contributed by atoms with E-state index < -0.39 is 46.5 Å². The maximum atomic E-state index is 13.3. The molecule has 11 heteroatoms. The first-order valence-electron chi connectivity index (χ1n) is 7.83. The van der Waals surface area contributed by atoms with Gasteiger partial charge in [0.15, 0.2) is 0 Å². The Kier molecular flexibility index (Phi) is 4.62. The van der Waals surface area contributed by atoms with Gasteiger partial charge in [0.25, 0.3) is 12.0 Å². The van der Waals surface area contributed by atoms with Gasteiger partial charge < -0.3 is 0 Å². The summed E-state index contributed by atoms with van der Waals surface area (Å²) in [5.41, 5.74) is -3.45. The minimum absolute atomic E-state index is 0.217. The second kappa shape index (κ2) is 6.63. The molecule has 1 aromatic carbocycles. The van der Waals surface area contributed by atoms with E-state index in [-0.39, 0.29) is 12.1 Å². The summed E-state index contributed by atoms with van der Waals surface area (Å²) >= 11 is 0. The highest BCUT2D eigenvalue weighted by Gasteiger charge is 2.31. The lowest BCUT2D eigenvalue weighted by molar-refractivity contribution is -0.137. The number of alkyl halides is 5. The van der Waals surface area contributed by atoms with Gasteiger partial charge in [0.2, 0.25) is 0 Å². The van der Waals surface area contributed by atoms with Crippen molar-refractivity contribution in [3.63, 3.8) is 0 Å². The molecule has 1 atom stereocenters. The van der Waals surface area contributed by atoms with Gasteiger partial charge in [-0.15, -0.1) is 0 Å². The summed E-state index contributed by atoms with van der Waals surface area (Å²) in [7, 11) is 0. The molecule has 3 aromatic rings. The van der Waals surface area contributed by atoms with Gasteiger partial charge in [-0.2, -0.15) is 18.3 Å². The lowest BCUT2D eigenvalue weighted by atomic mass is 10.0. The highest BCUT2D eigenvalue weighted by Crippen LogP contribution is 2.32. The molecule has 1 unspecified atom stereocenters. The molecule has 0 saturated carbocycles. The number of hydrogen-bond donors (Lipinski definition) is 2. The summed E-state index contributed by atoms with van der Waals surface area (Å²) in [5, 5.41) is 3.30. The first-order valence-corrected chi connectivity index (χ1v) is 7.83. The number of halogens is 5. The van der Waals surface area contributed by atoms with Crippen LogP contribution in [-0.4, -0.2) is 19.7 Å². The average Bonchev–Trinajstić information content (AvgIpc) is 2.95. The lowest BCUT2D eigenvalue weighted by Crippen LogP contribution is -2.23. The molecule has 0 bridgehead atoms. The van der Waals surface area contributed by atoms with Crippen LogP contribution in [-0.2, 0) is 6.18 Å². The monoisotopic (exact) mass is 388 g/mol. The Morgan fingerprint density at radius 3 is 2.26 bits per heavy atom. The summed E-state index contributed by atoms with van der Waals surface area (Å²) in [6.45, 7) is 1.67. The van der Waals surface area contributed by atoms with Crippen molar-refractivity contribution in [2.24, 2.45) is 0 Å². The van der Waals surface area contributed by atoms with E-state index in [4.69, 9.17) is 0 Å². The molecule has 2 heterocycles. The molecule has 0 aliphatic heterocycles. The third-order valence-electron chi connectivity index (χ3n) is 4.13. The molecule has 0 radical (unpaired) electrons. The molecule has 0 amide bonds. The molecular weight excluding hydrogens is 375 g/mol. The first-order chi connectivity index (χ1) is 12.6.